The minimum absolute atomic E-state index is 0.410. The summed E-state index contributed by atoms with van der Waals surface area (Å²) >= 11 is 0. The van der Waals surface area contributed by atoms with Gasteiger partial charge in [-0.15, -0.1) is 0 Å². The summed E-state index contributed by atoms with van der Waals surface area (Å²) < 4.78 is 0. The molecule has 1 unspecified atom stereocenters. The van der Waals surface area contributed by atoms with Crippen LogP contribution in [0, 0.1) is 0 Å². The third-order valence-electron chi connectivity index (χ3n) is 0.759. The predicted molar refractivity (Wildman–Crippen MR) is 37.5 cm³/mol. The van der Waals surface area contributed by atoms with Gasteiger partial charge in [0.25, 0.3) is 0 Å². The molecule has 4 heteroatoms. The molecule has 0 aromatic rings. The van der Waals surface area contributed by atoms with Crippen LogP contribution in [0.2, 0.25) is 0 Å². The molecule has 0 heterocycles. The van der Waals surface area contributed by atoms with Gasteiger partial charge in [-0.3, -0.25) is 0 Å². The molecule has 0 saturated heterocycles. The molecular weight excluding hydrogens is 118 g/mol. The Morgan fingerprint density at radius 2 is 2.33 bits per heavy atom. The number of nitrogens with zero attached hydrogens (tertiary/aromatic N) is 2. The standard InChI is InChI=1S/C5H11N3O/c1-3-7-8-4(2)5(6)9/h3,5,9H,6H2,1-2H3/b7-3-,8-4-. The quantitative estimate of drug-likeness (QED) is 0.306. The Bertz CT molecular complexity index is 128. The van der Waals surface area contributed by atoms with Crippen molar-refractivity contribution in [3.05, 3.63) is 0 Å². The van der Waals surface area contributed by atoms with Gasteiger partial charge in [-0.25, -0.2) is 0 Å². The first-order valence-electron chi connectivity index (χ1n) is 2.64. The molecule has 0 spiro atoms. The van der Waals surface area contributed by atoms with E-state index in [9.17, 15) is 0 Å². The Kier molecular flexibility index (Phi) is 3.83. The minimum Gasteiger partial charge on any atom is -0.373 e. The van der Waals surface area contributed by atoms with Gasteiger partial charge in [0, 0.05) is 6.21 Å². The molecule has 4 nitrogen and oxygen atoms in total. The third-order valence-corrected chi connectivity index (χ3v) is 0.759. The summed E-state index contributed by atoms with van der Waals surface area (Å²) in [7, 11) is 0. The maximum atomic E-state index is 8.62. The highest BCUT2D eigenvalue weighted by atomic mass is 16.3. The molecule has 9 heavy (non-hydrogen) atoms. The third kappa shape index (κ3) is 3.81. The van der Waals surface area contributed by atoms with Gasteiger partial charge in [0.15, 0.2) is 0 Å². The van der Waals surface area contributed by atoms with Gasteiger partial charge in [-0.1, -0.05) is 0 Å². The summed E-state index contributed by atoms with van der Waals surface area (Å²) in [4.78, 5) is 0. The van der Waals surface area contributed by atoms with Crippen LogP contribution in [0.3, 0.4) is 0 Å². The number of hydrogen-bond acceptors (Lipinski definition) is 4. The second kappa shape index (κ2) is 4.17. The maximum Gasteiger partial charge on any atom is 0.143 e. The highest BCUT2D eigenvalue weighted by Crippen LogP contribution is 1.80. The zero-order chi connectivity index (χ0) is 7.28. The first kappa shape index (κ1) is 8.26. The Labute approximate surface area is 54.1 Å². The average molecular weight is 129 g/mol. The van der Waals surface area contributed by atoms with Crippen LogP contribution in [0.1, 0.15) is 13.8 Å². The van der Waals surface area contributed by atoms with Crippen LogP contribution in [-0.2, 0) is 0 Å². The van der Waals surface area contributed by atoms with Crippen molar-refractivity contribution in [1.82, 2.24) is 0 Å². The molecule has 1 atom stereocenters. The van der Waals surface area contributed by atoms with Crippen molar-refractivity contribution in [2.45, 2.75) is 20.1 Å². The van der Waals surface area contributed by atoms with Crippen molar-refractivity contribution < 1.29 is 5.11 Å². The average Bonchev–Trinajstić information content (AvgIpc) is 1.82. The second-order valence-electron chi connectivity index (χ2n) is 1.56. The summed E-state index contributed by atoms with van der Waals surface area (Å²) in [6, 6.07) is 0. The van der Waals surface area contributed by atoms with Gasteiger partial charge >= 0.3 is 0 Å². The van der Waals surface area contributed by atoms with E-state index in [1.165, 1.54) is 6.21 Å². The van der Waals surface area contributed by atoms with E-state index in [0.717, 1.165) is 0 Å². The molecule has 0 rings (SSSR count). The summed E-state index contributed by atoms with van der Waals surface area (Å²) in [5, 5.41) is 15.7. The Hall–Kier alpha value is -0.740. The topological polar surface area (TPSA) is 71.0 Å². The van der Waals surface area contributed by atoms with Gasteiger partial charge in [0.2, 0.25) is 0 Å². The highest BCUT2D eigenvalue weighted by molar-refractivity contribution is 5.85. The van der Waals surface area contributed by atoms with Crippen LogP contribution < -0.4 is 5.73 Å². The maximum absolute atomic E-state index is 8.62. The first-order valence-corrected chi connectivity index (χ1v) is 2.64. The number of aliphatic hydroxyl groups is 1. The molecule has 3 N–H and O–H groups in total. The van der Waals surface area contributed by atoms with E-state index >= 15 is 0 Å². The van der Waals surface area contributed by atoms with E-state index in [4.69, 9.17) is 10.8 Å². The van der Waals surface area contributed by atoms with Crippen LogP contribution >= 0.6 is 0 Å². The molecule has 0 radical (unpaired) electrons. The Morgan fingerprint density at radius 3 is 2.67 bits per heavy atom. The van der Waals surface area contributed by atoms with Crippen molar-refractivity contribution in [3.63, 3.8) is 0 Å². The number of hydrogen-bond donors (Lipinski definition) is 2. The lowest BCUT2D eigenvalue weighted by atomic mass is 10.4. The number of aliphatic hydroxyl groups excluding tert-OH is 1. The van der Waals surface area contributed by atoms with E-state index in [-0.39, 0.29) is 0 Å². The number of rotatable bonds is 2. The SMILES string of the molecule is C/C=N\N=C(\C)C(N)O. The Balaban J connectivity index is 3.84. The van der Waals surface area contributed by atoms with Gasteiger partial charge < -0.3 is 10.8 Å². The van der Waals surface area contributed by atoms with E-state index in [0.29, 0.717) is 5.71 Å². The molecule has 0 aliphatic heterocycles. The van der Waals surface area contributed by atoms with Gasteiger partial charge in [-0.2, -0.15) is 10.2 Å². The largest absolute Gasteiger partial charge is 0.373 e. The molecule has 0 aliphatic carbocycles. The molecular formula is C5H11N3O. The predicted octanol–water partition coefficient (Wildman–Crippen LogP) is -0.270. The fourth-order valence-corrected chi connectivity index (χ4v) is 0.208. The molecule has 0 amide bonds. The van der Waals surface area contributed by atoms with Crippen LogP contribution in [0.15, 0.2) is 10.2 Å². The van der Waals surface area contributed by atoms with Crippen molar-refractivity contribution in [1.29, 1.82) is 0 Å². The van der Waals surface area contributed by atoms with Crippen molar-refractivity contribution >= 4 is 11.9 Å². The van der Waals surface area contributed by atoms with E-state index in [1.807, 2.05) is 0 Å². The molecule has 0 fully saturated rings. The van der Waals surface area contributed by atoms with Crippen LogP contribution in [0.25, 0.3) is 0 Å². The molecule has 0 bridgehead atoms. The molecule has 52 valence electrons. The lowest BCUT2D eigenvalue weighted by Crippen LogP contribution is -2.27. The minimum atomic E-state index is -0.992. The summed E-state index contributed by atoms with van der Waals surface area (Å²) in [5.41, 5.74) is 5.44. The lowest BCUT2D eigenvalue weighted by molar-refractivity contribution is 0.249. The van der Waals surface area contributed by atoms with Gasteiger partial charge in [0.05, 0.1) is 5.71 Å². The fraction of sp³-hybridized carbons (Fsp3) is 0.600. The highest BCUT2D eigenvalue weighted by Gasteiger charge is 1.96. The van der Waals surface area contributed by atoms with E-state index in [2.05, 4.69) is 10.2 Å². The van der Waals surface area contributed by atoms with Crippen LogP contribution in [0.5, 0.6) is 0 Å². The fourth-order valence-electron chi connectivity index (χ4n) is 0.208. The van der Waals surface area contributed by atoms with Crippen molar-refractivity contribution in [2.24, 2.45) is 15.9 Å². The van der Waals surface area contributed by atoms with Crippen molar-refractivity contribution in [2.75, 3.05) is 0 Å². The lowest BCUT2D eigenvalue weighted by Gasteiger charge is -1.98. The molecule has 0 aromatic heterocycles. The van der Waals surface area contributed by atoms with Gasteiger partial charge in [-0.05, 0) is 13.8 Å². The number of nitrogens with two attached hydrogens (primary N) is 1. The smallest absolute Gasteiger partial charge is 0.143 e. The molecule has 0 aromatic carbocycles. The van der Waals surface area contributed by atoms with Crippen LogP contribution in [-0.4, -0.2) is 23.3 Å². The zero-order valence-electron chi connectivity index (χ0n) is 5.57. The van der Waals surface area contributed by atoms with Gasteiger partial charge in [0.1, 0.15) is 6.23 Å². The summed E-state index contributed by atoms with van der Waals surface area (Å²) in [6.07, 6.45) is 0.528. The summed E-state index contributed by atoms with van der Waals surface area (Å²) in [6.45, 7) is 3.34. The molecule has 0 saturated carbocycles. The second-order valence-corrected chi connectivity index (χ2v) is 1.56. The van der Waals surface area contributed by atoms with Crippen LogP contribution in [0.4, 0.5) is 0 Å². The zero-order valence-corrected chi connectivity index (χ0v) is 5.57. The first-order chi connectivity index (χ1) is 4.18. The van der Waals surface area contributed by atoms with E-state index < -0.39 is 6.23 Å². The normalized spacial score (nSPS) is 16.7. The van der Waals surface area contributed by atoms with E-state index in [1.54, 1.807) is 13.8 Å². The molecule has 0 aliphatic rings. The summed E-state index contributed by atoms with van der Waals surface area (Å²) in [5.74, 6) is 0. The Morgan fingerprint density at radius 1 is 1.78 bits per heavy atom. The van der Waals surface area contributed by atoms with Crippen molar-refractivity contribution in [3.8, 4) is 0 Å². The monoisotopic (exact) mass is 129 g/mol.